The van der Waals surface area contributed by atoms with Crippen molar-refractivity contribution in [1.82, 2.24) is 9.88 Å². The highest BCUT2D eigenvalue weighted by Gasteiger charge is 2.25. The normalized spacial score (nSPS) is 22.9. The van der Waals surface area contributed by atoms with Crippen LogP contribution in [0.15, 0.2) is 5.38 Å². The van der Waals surface area contributed by atoms with Crippen molar-refractivity contribution in [3.63, 3.8) is 0 Å². The number of thiazole rings is 1. The van der Waals surface area contributed by atoms with Crippen LogP contribution in [0.5, 0.6) is 0 Å². The smallest absolute Gasteiger partial charge is 0.0973 e. The minimum atomic E-state index is -0.0564. The zero-order valence-corrected chi connectivity index (χ0v) is 11.5. The molecule has 1 aromatic rings. The summed E-state index contributed by atoms with van der Waals surface area (Å²) in [6, 6.07) is 2.36. The molecule has 1 fully saturated rings. The van der Waals surface area contributed by atoms with E-state index in [1.807, 2.05) is 0 Å². The Kier molecular flexibility index (Phi) is 3.80. The Labute approximate surface area is 107 Å². The van der Waals surface area contributed by atoms with Crippen molar-refractivity contribution in [1.29, 1.82) is 5.26 Å². The second-order valence-corrected chi connectivity index (χ2v) is 6.10. The average Bonchev–Trinajstić information content (AvgIpc) is 2.87. The van der Waals surface area contributed by atoms with Crippen molar-refractivity contribution < 1.29 is 0 Å². The fourth-order valence-corrected chi connectivity index (χ4v) is 3.31. The summed E-state index contributed by atoms with van der Waals surface area (Å²) < 4.78 is 0. The maximum atomic E-state index is 9.17. The van der Waals surface area contributed by atoms with E-state index in [4.69, 9.17) is 0 Å². The summed E-state index contributed by atoms with van der Waals surface area (Å²) in [5.41, 5.74) is 0.969. The first kappa shape index (κ1) is 12.5. The Balaban J connectivity index is 2.13. The van der Waals surface area contributed by atoms with Gasteiger partial charge in [-0.05, 0) is 25.9 Å². The molecule has 17 heavy (non-hydrogen) atoms. The molecule has 0 radical (unpaired) electrons. The molecule has 92 valence electrons. The maximum Gasteiger partial charge on any atom is 0.0973 e. The van der Waals surface area contributed by atoms with Crippen molar-refractivity contribution in [2.45, 2.75) is 32.1 Å². The zero-order valence-electron chi connectivity index (χ0n) is 10.7. The fourth-order valence-electron chi connectivity index (χ4n) is 2.32. The molecule has 0 N–H and O–H groups in total. The molecule has 3 nitrogen and oxygen atoms in total. The summed E-state index contributed by atoms with van der Waals surface area (Å²) in [4.78, 5) is 7.03. The number of nitrogens with zero attached hydrogens (tertiary/aromatic N) is 3. The lowest BCUT2D eigenvalue weighted by Gasteiger charge is -2.10. The fraction of sp³-hybridized carbons (Fsp3) is 0.692. The Morgan fingerprint density at radius 1 is 1.59 bits per heavy atom. The predicted octanol–water partition coefficient (Wildman–Crippen LogP) is 2.83. The van der Waals surface area contributed by atoms with Crippen molar-refractivity contribution >= 4 is 11.3 Å². The second-order valence-electron chi connectivity index (χ2n) is 5.21. The summed E-state index contributed by atoms with van der Waals surface area (Å²) in [6.45, 7) is 6.42. The summed E-state index contributed by atoms with van der Waals surface area (Å²) in [5.74, 6) is 0.852. The first-order valence-corrected chi connectivity index (χ1v) is 7.03. The quantitative estimate of drug-likeness (QED) is 0.827. The topological polar surface area (TPSA) is 39.9 Å². The standard InChI is InChI=1S/C13H19N3S/c1-9(2)11(6-14)12-8-17-13(15-12)10-4-5-16(3)7-10/h8-11H,4-5,7H2,1-3H3. The third-order valence-corrected chi connectivity index (χ3v) is 4.43. The van der Waals surface area contributed by atoms with Crippen LogP contribution in [0.1, 0.15) is 42.8 Å². The molecule has 2 unspecified atom stereocenters. The van der Waals surface area contributed by atoms with Crippen LogP contribution in [0.3, 0.4) is 0 Å². The van der Waals surface area contributed by atoms with Gasteiger partial charge in [-0.3, -0.25) is 0 Å². The first-order chi connectivity index (χ1) is 8.11. The van der Waals surface area contributed by atoms with Crippen molar-refractivity contribution in [3.05, 3.63) is 16.1 Å². The highest BCUT2D eigenvalue weighted by molar-refractivity contribution is 7.09. The SMILES string of the molecule is CC(C)C(C#N)c1csc(C2CCN(C)C2)n1. The molecule has 0 aromatic carbocycles. The van der Waals surface area contributed by atoms with E-state index in [-0.39, 0.29) is 5.92 Å². The van der Waals surface area contributed by atoms with Crippen LogP contribution in [-0.4, -0.2) is 30.0 Å². The van der Waals surface area contributed by atoms with E-state index in [2.05, 4.69) is 42.2 Å². The summed E-state index contributed by atoms with van der Waals surface area (Å²) in [7, 11) is 2.15. The summed E-state index contributed by atoms with van der Waals surface area (Å²) in [6.07, 6.45) is 1.20. The van der Waals surface area contributed by atoms with Crippen LogP contribution in [-0.2, 0) is 0 Å². The lowest BCUT2D eigenvalue weighted by Crippen LogP contribution is -2.13. The molecule has 1 aliphatic rings. The number of nitriles is 1. The van der Waals surface area contributed by atoms with Gasteiger partial charge in [-0.25, -0.2) is 4.98 Å². The Morgan fingerprint density at radius 2 is 2.35 bits per heavy atom. The molecule has 0 amide bonds. The number of hydrogen-bond acceptors (Lipinski definition) is 4. The van der Waals surface area contributed by atoms with E-state index in [1.54, 1.807) is 11.3 Å². The van der Waals surface area contributed by atoms with E-state index < -0.39 is 0 Å². The van der Waals surface area contributed by atoms with Crippen molar-refractivity contribution in [2.75, 3.05) is 20.1 Å². The minimum Gasteiger partial charge on any atom is -0.306 e. The summed E-state index contributed by atoms with van der Waals surface area (Å²) in [5, 5.41) is 12.5. The lowest BCUT2D eigenvalue weighted by atomic mass is 9.95. The molecule has 0 saturated carbocycles. The van der Waals surface area contributed by atoms with Crippen LogP contribution in [0, 0.1) is 17.2 Å². The third kappa shape index (κ3) is 2.67. The average molecular weight is 249 g/mol. The molecule has 0 spiro atoms. The van der Waals surface area contributed by atoms with E-state index >= 15 is 0 Å². The van der Waals surface area contributed by atoms with Gasteiger partial charge in [0.15, 0.2) is 0 Å². The molecule has 1 aliphatic heterocycles. The molecule has 0 aliphatic carbocycles. The van der Waals surface area contributed by atoms with Crippen molar-refractivity contribution in [2.24, 2.45) is 5.92 Å². The summed E-state index contributed by atoms with van der Waals surface area (Å²) >= 11 is 1.72. The van der Waals surface area contributed by atoms with E-state index in [0.717, 1.165) is 18.8 Å². The van der Waals surface area contributed by atoms with Gasteiger partial charge < -0.3 is 4.90 Å². The van der Waals surface area contributed by atoms with Gasteiger partial charge in [-0.15, -0.1) is 11.3 Å². The van der Waals surface area contributed by atoms with E-state index in [9.17, 15) is 5.26 Å². The van der Waals surface area contributed by atoms with Gasteiger partial charge in [0.2, 0.25) is 0 Å². The van der Waals surface area contributed by atoms with Gasteiger partial charge in [0.05, 0.1) is 22.7 Å². The van der Waals surface area contributed by atoms with Crippen LogP contribution in [0.2, 0.25) is 0 Å². The van der Waals surface area contributed by atoms with Crippen molar-refractivity contribution in [3.8, 4) is 6.07 Å². The zero-order chi connectivity index (χ0) is 12.4. The molecule has 1 aromatic heterocycles. The van der Waals surface area contributed by atoms with Crippen LogP contribution in [0.4, 0.5) is 0 Å². The molecule has 0 bridgehead atoms. The third-order valence-electron chi connectivity index (χ3n) is 3.40. The van der Waals surface area contributed by atoms with Gasteiger partial charge in [0, 0.05) is 17.8 Å². The van der Waals surface area contributed by atoms with Gasteiger partial charge >= 0.3 is 0 Å². The van der Waals surface area contributed by atoms with Crippen LogP contribution < -0.4 is 0 Å². The largest absolute Gasteiger partial charge is 0.306 e. The number of aromatic nitrogens is 1. The minimum absolute atomic E-state index is 0.0564. The number of hydrogen-bond donors (Lipinski definition) is 0. The van der Waals surface area contributed by atoms with E-state index in [0.29, 0.717) is 11.8 Å². The second kappa shape index (κ2) is 5.16. The van der Waals surface area contributed by atoms with Gasteiger partial charge in [0.1, 0.15) is 0 Å². The molecular weight excluding hydrogens is 230 g/mol. The molecule has 1 saturated heterocycles. The molecule has 2 heterocycles. The predicted molar refractivity (Wildman–Crippen MR) is 70.2 cm³/mol. The van der Waals surface area contributed by atoms with Gasteiger partial charge in [-0.1, -0.05) is 13.8 Å². The number of likely N-dealkylation sites (N-methyl/N-ethyl adjacent to an activating group) is 1. The Bertz CT molecular complexity index is 419. The number of likely N-dealkylation sites (tertiary alicyclic amines) is 1. The van der Waals surface area contributed by atoms with Gasteiger partial charge in [0.25, 0.3) is 0 Å². The van der Waals surface area contributed by atoms with E-state index in [1.165, 1.54) is 11.4 Å². The highest BCUT2D eigenvalue weighted by atomic mass is 32.1. The monoisotopic (exact) mass is 249 g/mol. The van der Waals surface area contributed by atoms with Crippen LogP contribution in [0.25, 0.3) is 0 Å². The van der Waals surface area contributed by atoms with Crippen LogP contribution >= 0.6 is 11.3 Å². The first-order valence-electron chi connectivity index (χ1n) is 6.15. The molecular formula is C13H19N3S. The molecule has 2 atom stereocenters. The molecule has 2 rings (SSSR count). The maximum absolute atomic E-state index is 9.17. The molecule has 4 heteroatoms. The Hall–Kier alpha value is -0.920. The lowest BCUT2D eigenvalue weighted by molar-refractivity contribution is 0.411. The highest BCUT2D eigenvalue weighted by Crippen LogP contribution is 2.32. The Morgan fingerprint density at radius 3 is 2.88 bits per heavy atom. The van der Waals surface area contributed by atoms with Gasteiger partial charge in [-0.2, -0.15) is 5.26 Å². The number of rotatable bonds is 3.